The lowest BCUT2D eigenvalue weighted by atomic mass is 9.98. The van der Waals surface area contributed by atoms with Gasteiger partial charge in [-0.1, -0.05) is 11.6 Å². The van der Waals surface area contributed by atoms with Crippen molar-refractivity contribution in [1.29, 1.82) is 0 Å². The summed E-state index contributed by atoms with van der Waals surface area (Å²) < 4.78 is 12.2. The molecule has 33 heavy (non-hydrogen) atoms. The second kappa shape index (κ2) is 8.52. The number of piperidine rings is 1. The first-order chi connectivity index (χ1) is 16.0. The molecule has 2 saturated heterocycles. The van der Waals surface area contributed by atoms with E-state index >= 15 is 0 Å². The molecule has 1 aliphatic carbocycles. The van der Waals surface area contributed by atoms with E-state index in [1.807, 2.05) is 41.3 Å². The third-order valence-corrected chi connectivity index (χ3v) is 8.21. The van der Waals surface area contributed by atoms with Crippen molar-refractivity contribution >= 4 is 23.2 Å². The summed E-state index contributed by atoms with van der Waals surface area (Å²) in [4.78, 5) is 17.6. The largest absolute Gasteiger partial charge is 0.493 e. The van der Waals surface area contributed by atoms with E-state index in [-0.39, 0.29) is 12.0 Å². The van der Waals surface area contributed by atoms with Gasteiger partial charge in [-0.05, 0) is 99.9 Å². The van der Waals surface area contributed by atoms with E-state index in [0.29, 0.717) is 29.6 Å². The van der Waals surface area contributed by atoms with Crippen molar-refractivity contribution in [2.45, 2.75) is 63.1 Å². The molecular formula is C27H31ClN2O3. The van der Waals surface area contributed by atoms with E-state index in [1.165, 1.54) is 25.7 Å². The normalized spacial score (nSPS) is 26.9. The number of hydrogen-bond acceptors (Lipinski definition) is 4. The fourth-order valence-electron chi connectivity index (χ4n) is 5.69. The van der Waals surface area contributed by atoms with Crippen LogP contribution in [0.5, 0.6) is 11.5 Å². The molecule has 3 atom stereocenters. The second-order valence-electron chi connectivity index (χ2n) is 10.2. The summed E-state index contributed by atoms with van der Waals surface area (Å²) in [5.41, 5.74) is 2.63. The third kappa shape index (κ3) is 4.22. The van der Waals surface area contributed by atoms with Gasteiger partial charge in [-0.3, -0.25) is 4.79 Å². The van der Waals surface area contributed by atoms with Crippen LogP contribution in [-0.4, -0.2) is 49.2 Å². The molecular weight excluding hydrogens is 436 g/mol. The lowest BCUT2D eigenvalue weighted by molar-refractivity contribution is 0.0662. The highest BCUT2D eigenvalue weighted by Crippen LogP contribution is 2.38. The summed E-state index contributed by atoms with van der Waals surface area (Å²) in [6.07, 6.45) is 8.18. The number of fused-ring (bicyclic) bond motifs is 3. The molecule has 6 heteroatoms. The Morgan fingerprint density at radius 2 is 1.82 bits per heavy atom. The molecule has 1 saturated carbocycles. The maximum atomic E-state index is 13.2. The van der Waals surface area contributed by atoms with E-state index in [9.17, 15) is 4.79 Å². The Kier molecular flexibility index (Phi) is 5.50. The zero-order chi connectivity index (χ0) is 22.5. The molecule has 2 bridgehead atoms. The highest BCUT2D eigenvalue weighted by atomic mass is 35.5. The maximum Gasteiger partial charge on any atom is 0.258 e. The Hall–Kier alpha value is -2.24. The zero-order valence-electron chi connectivity index (χ0n) is 19.1. The molecule has 4 aliphatic rings. The number of anilines is 1. The summed E-state index contributed by atoms with van der Waals surface area (Å²) in [5, 5.41) is 0.571. The number of hydrogen-bond donors (Lipinski definition) is 0. The summed E-state index contributed by atoms with van der Waals surface area (Å²) >= 11 is 6.63. The summed E-state index contributed by atoms with van der Waals surface area (Å²) in [6, 6.07) is 12.9. The molecule has 3 heterocycles. The molecule has 1 unspecified atom stereocenters. The lowest BCUT2D eigenvalue weighted by Gasteiger charge is -2.36. The van der Waals surface area contributed by atoms with Crippen LogP contribution < -0.4 is 14.4 Å². The van der Waals surface area contributed by atoms with Crippen molar-refractivity contribution < 1.29 is 14.3 Å². The molecule has 6 rings (SSSR count). The Morgan fingerprint density at radius 3 is 2.55 bits per heavy atom. The van der Waals surface area contributed by atoms with Crippen LogP contribution in [0.2, 0.25) is 5.02 Å². The van der Waals surface area contributed by atoms with Crippen LogP contribution in [0.4, 0.5) is 5.69 Å². The minimum atomic E-state index is 0.0154. The molecule has 0 aromatic heterocycles. The van der Waals surface area contributed by atoms with Gasteiger partial charge in [0, 0.05) is 29.9 Å². The quantitative estimate of drug-likeness (QED) is 0.576. The highest BCUT2D eigenvalue weighted by molar-refractivity contribution is 6.32. The van der Waals surface area contributed by atoms with Crippen molar-refractivity contribution in [2.24, 2.45) is 5.92 Å². The number of benzene rings is 2. The van der Waals surface area contributed by atoms with Crippen molar-refractivity contribution in [1.82, 2.24) is 4.90 Å². The Bertz CT molecular complexity index is 1060. The number of halogens is 1. The average molecular weight is 467 g/mol. The predicted octanol–water partition coefficient (Wildman–Crippen LogP) is 5.34. The summed E-state index contributed by atoms with van der Waals surface area (Å²) in [5.74, 6) is 2.32. The van der Waals surface area contributed by atoms with Gasteiger partial charge in [0.05, 0.1) is 11.6 Å². The monoisotopic (exact) mass is 466 g/mol. The van der Waals surface area contributed by atoms with Gasteiger partial charge < -0.3 is 19.3 Å². The summed E-state index contributed by atoms with van der Waals surface area (Å²) in [7, 11) is 2.23. The number of ether oxygens (including phenoxy) is 2. The topological polar surface area (TPSA) is 42.0 Å². The Labute approximate surface area is 200 Å². The van der Waals surface area contributed by atoms with Gasteiger partial charge in [0.15, 0.2) is 0 Å². The number of carbonyl (C=O) groups is 1. The van der Waals surface area contributed by atoms with Gasteiger partial charge >= 0.3 is 0 Å². The molecule has 1 amide bonds. The van der Waals surface area contributed by atoms with E-state index in [1.54, 1.807) is 0 Å². The molecule has 2 aromatic carbocycles. The maximum absolute atomic E-state index is 13.2. The lowest BCUT2D eigenvalue weighted by Crippen LogP contribution is -2.43. The highest BCUT2D eigenvalue weighted by Gasteiger charge is 2.39. The average Bonchev–Trinajstić information content (AvgIpc) is 3.61. The predicted molar refractivity (Wildman–Crippen MR) is 130 cm³/mol. The van der Waals surface area contributed by atoms with Gasteiger partial charge in [0.1, 0.15) is 17.6 Å². The van der Waals surface area contributed by atoms with Crippen molar-refractivity contribution in [3.8, 4) is 11.5 Å². The van der Waals surface area contributed by atoms with E-state index in [0.717, 1.165) is 54.2 Å². The molecule has 174 valence electrons. The van der Waals surface area contributed by atoms with Crippen LogP contribution in [-0.2, 0) is 6.42 Å². The van der Waals surface area contributed by atoms with Crippen LogP contribution >= 0.6 is 11.6 Å². The van der Waals surface area contributed by atoms with Crippen LogP contribution in [0.25, 0.3) is 0 Å². The van der Waals surface area contributed by atoms with E-state index in [2.05, 4.69) is 11.9 Å². The van der Waals surface area contributed by atoms with Crippen molar-refractivity contribution in [3.63, 3.8) is 0 Å². The SMILES string of the molecule is CN1[C@@H]2CC[C@H]1CC(Oc1ccc(N3CCc4cc(OCC5CC5)ccc4C3=O)cc1Cl)C2. The van der Waals surface area contributed by atoms with Crippen LogP contribution in [0.1, 0.15) is 54.4 Å². The Balaban J connectivity index is 1.14. The number of nitrogens with zero attached hydrogens (tertiary/aromatic N) is 2. The summed E-state index contributed by atoms with van der Waals surface area (Å²) in [6.45, 7) is 1.41. The molecule has 0 radical (unpaired) electrons. The third-order valence-electron chi connectivity index (χ3n) is 7.92. The minimum absolute atomic E-state index is 0.0154. The molecule has 0 N–H and O–H groups in total. The number of amides is 1. The first-order valence-corrected chi connectivity index (χ1v) is 12.7. The molecule has 0 spiro atoms. The van der Waals surface area contributed by atoms with Gasteiger partial charge in [-0.15, -0.1) is 0 Å². The van der Waals surface area contributed by atoms with E-state index < -0.39 is 0 Å². The first kappa shape index (κ1) is 21.3. The fourth-order valence-corrected chi connectivity index (χ4v) is 5.91. The number of rotatable bonds is 6. The van der Waals surface area contributed by atoms with Crippen molar-refractivity contribution in [3.05, 3.63) is 52.5 Å². The van der Waals surface area contributed by atoms with Gasteiger partial charge in [-0.25, -0.2) is 0 Å². The smallest absolute Gasteiger partial charge is 0.258 e. The van der Waals surface area contributed by atoms with Gasteiger partial charge in [0.25, 0.3) is 5.91 Å². The molecule has 3 aliphatic heterocycles. The van der Waals surface area contributed by atoms with Gasteiger partial charge in [0.2, 0.25) is 0 Å². The van der Waals surface area contributed by atoms with Crippen LogP contribution in [0.3, 0.4) is 0 Å². The molecule has 3 fully saturated rings. The standard InChI is InChI=1S/C27H31ClN2O3/c1-29-19-4-5-20(29)14-23(13-19)33-26-9-6-21(15-25(26)28)30-11-10-18-12-22(32-16-17-2-3-17)7-8-24(18)27(30)31/h6-9,12,15,17,19-20,23H,2-5,10-11,13-14,16H2,1H3/t19-,20+,23?. The first-order valence-electron chi connectivity index (χ1n) is 12.3. The minimum Gasteiger partial charge on any atom is -0.493 e. The van der Waals surface area contributed by atoms with Crippen LogP contribution in [0, 0.1) is 5.92 Å². The van der Waals surface area contributed by atoms with Crippen LogP contribution in [0.15, 0.2) is 36.4 Å². The molecule has 2 aromatic rings. The Morgan fingerprint density at radius 1 is 1.03 bits per heavy atom. The van der Waals surface area contributed by atoms with E-state index in [4.69, 9.17) is 21.1 Å². The zero-order valence-corrected chi connectivity index (χ0v) is 19.9. The fraction of sp³-hybridized carbons (Fsp3) is 0.519. The number of carbonyl (C=O) groups excluding carboxylic acids is 1. The molecule has 5 nitrogen and oxygen atoms in total. The van der Waals surface area contributed by atoms with Gasteiger partial charge in [-0.2, -0.15) is 0 Å². The van der Waals surface area contributed by atoms with Crippen molar-refractivity contribution in [2.75, 3.05) is 25.1 Å². The second-order valence-corrected chi connectivity index (χ2v) is 10.6.